The Kier molecular flexibility index (Phi) is 7.25. The molecule has 5 nitrogen and oxygen atoms in total. The number of benzene rings is 2. The van der Waals surface area contributed by atoms with Gasteiger partial charge in [0, 0.05) is 23.5 Å². The second kappa shape index (κ2) is 10.3. The molecule has 2 amide bonds. The Bertz CT molecular complexity index is 1070. The predicted molar refractivity (Wildman–Crippen MR) is 131 cm³/mol. The lowest BCUT2D eigenvalue weighted by Gasteiger charge is -2.35. The van der Waals surface area contributed by atoms with E-state index in [1.165, 1.54) is 40.3 Å². The number of piperidine rings is 1. The molecule has 3 aromatic rings. The molecule has 2 heterocycles. The summed E-state index contributed by atoms with van der Waals surface area (Å²) in [6, 6.07) is 14.8. The molecule has 0 saturated carbocycles. The molecule has 1 aliphatic rings. The van der Waals surface area contributed by atoms with Crippen LogP contribution in [0.25, 0.3) is 22.0 Å². The van der Waals surface area contributed by atoms with Gasteiger partial charge < -0.3 is 10.2 Å². The maximum absolute atomic E-state index is 12.5. The van der Waals surface area contributed by atoms with Gasteiger partial charge in [-0.3, -0.25) is 9.59 Å². The Morgan fingerprint density at radius 3 is 2.84 bits per heavy atom. The first-order valence-electron chi connectivity index (χ1n) is 10.8. The van der Waals surface area contributed by atoms with E-state index in [9.17, 15) is 9.59 Å². The van der Waals surface area contributed by atoms with Crippen molar-refractivity contribution in [2.75, 3.05) is 23.4 Å². The number of thiazole rings is 1. The van der Waals surface area contributed by atoms with Crippen molar-refractivity contribution >= 4 is 50.8 Å². The zero-order chi connectivity index (χ0) is 21.6. The summed E-state index contributed by atoms with van der Waals surface area (Å²) in [7, 11) is 0. The monoisotopic (exact) mass is 453 g/mol. The molecule has 1 fully saturated rings. The molecular weight excluding hydrogens is 426 g/mol. The van der Waals surface area contributed by atoms with E-state index in [2.05, 4.69) is 47.6 Å². The van der Waals surface area contributed by atoms with Crippen LogP contribution in [0.1, 0.15) is 32.6 Å². The quantitative estimate of drug-likeness (QED) is 0.518. The number of aromatic nitrogens is 1. The van der Waals surface area contributed by atoms with Crippen LogP contribution in [0, 0.1) is 0 Å². The maximum Gasteiger partial charge on any atom is 0.236 e. The average Bonchev–Trinajstić information content (AvgIpc) is 3.27. The van der Waals surface area contributed by atoms with Crippen LogP contribution in [0.15, 0.2) is 47.8 Å². The first kappa shape index (κ1) is 21.8. The summed E-state index contributed by atoms with van der Waals surface area (Å²) in [6.45, 7) is 2.98. The number of fused-ring (bicyclic) bond motifs is 1. The van der Waals surface area contributed by atoms with Gasteiger partial charge in [0.1, 0.15) is 0 Å². The number of anilines is 1. The van der Waals surface area contributed by atoms with Crippen molar-refractivity contribution < 1.29 is 9.59 Å². The van der Waals surface area contributed by atoms with Crippen LogP contribution >= 0.6 is 23.1 Å². The molecule has 162 valence electrons. The van der Waals surface area contributed by atoms with Crippen molar-refractivity contribution in [3.63, 3.8) is 0 Å². The number of hydrogen-bond donors (Lipinski definition) is 1. The summed E-state index contributed by atoms with van der Waals surface area (Å²) in [5.74, 6) is 0.630. The van der Waals surface area contributed by atoms with Crippen molar-refractivity contribution in [1.29, 1.82) is 0 Å². The SMILES string of the molecule is CCC1CCCCN1C(=O)CSCC(=O)Nc1nc(-c2ccc3ccccc3c2)cs1. The van der Waals surface area contributed by atoms with Gasteiger partial charge in [-0.15, -0.1) is 23.1 Å². The summed E-state index contributed by atoms with van der Waals surface area (Å²) in [5, 5.41) is 7.76. The number of carbonyl (C=O) groups is 2. The Morgan fingerprint density at radius 2 is 2.00 bits per heavy atom. The minimum absolute atomic E-state index is 0.122. The third kappa shape index (κ3) is 5.46. The van der Waals surface area contributed by atoms with Crippen molar-refractivity contribution in [2.45, 2.75) is 38.6 Å². The fourth-order valence-corrected chi connectivity index (χ4v) is 5.47. The highest BCUT2D eigenvalue weighted by molar-refractivity contribution is 8.00. The number of nitrogens with one attached hydrogen (secondary N) is 1. The van der Waals surface area contributed by atoms with Gasteiger partial charge in [-0.2, -0.15) is 0 Å². The van der Waals surface area contributed by atoms with E-state index in [-0.39, 0.29) is 17.6 Å². The van der Waals surface area contributed by atoms with Gasteiger partial charge in [0.2, 0.25) is 11.8 Å². The van der Waals surface area contributed by atoms with Crippen LogP contribution in [0.2, 0.25) is 0 Å². The minimum atomic E-state index is -0.122. The third-order valence-corrected chi connectivity index (χ3v) is 7.35. The number of amides is 2. The fourth-order valence-electron chi connectivity index (χ4n) is 4.04. The molecule has 4 rings (SSSR count). The number of thioether (sulfide) groups is 1. The summed E-state index contributed by atoms with van der Waals surface area (Å²) >= 11 is 2.79. The highest BCUT2D eigenvalue weighted by Gasteiger charge is 2.25. The van der Waals surface area contributed by atoms with Gasteiger partial charge in [-0.1, -0.05) is 43.3 Å². The zero-order valence-corrected chi connectivity index (χ0v) is 19.3. The summed E-state index contributed by atoms with van der Waals surface area (Å²) in [5.41, 5.74) is 1.88. The van der Waals surface area contributed by atoms with E-state index in [0.717, 1.165) is 37.1 Å². The molecule has 0 aliphatic carbocycles. The normalized spacial score (nSPS) is 16.4. The third-order valence-electron chi connectivity index (χ3n) is 5.67. The van der Waals surface area contributed by atoms with E-state index in [1.807, 2.05) is 22.4 Å². The molecule has 0 bridgehead atoms. The van der Waals surface area contributed by atoms with Crippen LogP contribution in [0.5, 0.6) is 0 Å². The van der Waals surface area contributed by atoms with Crippen LogP contribution in [0.3, 0.4) is 0 Å². The van der Waals surface area contributed by atoms with E-state index in [1.54, 1.807) is 0 Å². The van der Waals surface area contributed by atoms with Crippen molar-refractivity contribution in [1.82, 2.24) is 9.88 Å². The van der Waals surface area contributed by atoms with Gasteiger partial charge in [-0.25, -0.2) is 4.98 Å². The molecule has 1 aliphatic heterocycles. The maximum atomic E-state index is 12.5. The van der Waals surface area contributed by atoms with Gasteiger partial charge in [0.25, 0.3) is 0 Å². The largest absolute Gasteiger partial charge is 0.339 e. The van der Waals surface area contributed by atoms with Crippen LogP contribution < -0.4 is 5.32 Å². The number of carbonyl (C=O) groups excluding carboxylic acids is 2. The molecule has 1 saturated heterocycles. The Morgan fingerprint density at radius 1 is 1.16 bits per heavy atom. The van der Waals surface area contributed by atoms with Gasteiger partial charge in [0.05, 0.1) is 17.2 Å². The highest BCUT2D eigenvalue weighted by atomic mass is 32.2. The Balaban J connectivity index is 1.28. The summed E-state index contributed by atoms with van der Waals surface area (Å²) < 4.78 is 0. The predicted octanol–water partition coefficient (Wildman–Crippen LogP) is 5.43. The lowest BCUT2D eigenvalue weighted by molar-refractivity contribution is -0.132. The molecule has 7 heteroatoms. The molecule has 1 atom stereocenters. The van der Waals surface area contributed by atoms with E-state index < -0.39 is 0 Å². The summed E-state index contributed by atoms with van der Waals surface area (Å²) in [4.78, 5) is 31.4. The van der Waals surface area contributed by atoms with Gasteiger partial charge >= 0.3 is 0 Å². The van der Waals surface area contributed by atoms with Gasteiger partial charge in [0.15, 0.2) is 5.13 Å². The molecule has 1 unspecified atom stereocenters. The molecule has 0 spiro atoms. The molecular formula is C24H27N3O2S2. The topological polar surface area (TPSA) is 62.3 Å². The minimum Gasteiger partial charge on any atom is -0.339 e. The van der Waals surface area contributed by atoms with Crippen molar-refractivity contribution in [2.24, 2.45) is 0 Å². The fraction of sp³-hybridized carbons (Fsp3) is 0.375. The molecule has 2 aromatic carbocycles. The number of likely N-dealkylation sites (tertiary alicyclic amines) is 1. The first-order chi connectivity index (χ1) is 15.1. The molecule has 31 heavy (non-hydrogen) atoms. The highest BCUT2D eigenvalue weighted by Crippen LogP contribution is 2.28. The smallest absolute Gasteiger partial charge is 0.236 e. The molecule has 1 aromatic heterocycles. The zero-order valence-electron chi connectivity index (χ0n) is 17.7. The molecule has 0 radical (unpaired) electrons. The number of rotatable bonds is 7. The van der Waals surface area contributed by atoms with Crippen molar-refractivity contribution in [3.05, 3.63) is 47.8 Å². The van der Waals surface area contributed by atoms with Crippen LogP contribution in [-0.2, 0) is 9.59 Å². The standard InChI is InChI=1S/C24H27N3O2S2/c1-2-20-9-5-6-12-27(20)23(29)16-30-15-22(28)26-24-25-21(14-31-24)19-11-10-17-7-3-4-8-18(17)13-19/h3-4,7-8,10-11,13-14,20H,2,5-6,9,12,15-16H2,1H3,(H,25,26,28). The Labute approximate surface area is 191 Å². The van der Waals surface area contributed by atoms with E-state index >= 15 is 0 Å². The average molecular weight is 454 g/mol. The Hall–Kier alpha value is -2.38. The van der Waals surface area contributed by atoms with Crippen molar-refractivity contribution in [3.8, 4) is 11.3 Å². The van der Waals surface area contributed by atoms with Gasteiger partial charge in [-0.05, 0) is 42.5 Å². The number of nitrogens with zero attached hydrogens (tertiary/aromatic N) is 2. The lowest BCUT2D eigenvalue weighted by atomic mass is 10.0. The van der Waals surface area contributed by atoms with Crippen LogP contribution in [0.4, 0.5) is 5.13 Å². The first-order valence-corrected chi connectivity index (χ1v) is 12.8. The van der Waals surface area contributed by atoms with E-state index in [0.29, 0.717) is 16.9 Å². The number of hydrogen-bond acceptors (Lipinski definition) is 5. The summed E-state index contributed by atoms with van der Waals surface area (Å²) in [6.07, 6.45) is 4.38. The second-order valence-electron chi connectivity index (χ2n) is 7.79. The molecule has 1 N–H and O–H groups in total. The second-order valence-corrected chi connectivity index (χ2v) is 9.63. The lowest BCUT2D eigenvalue weighted by Crippen LogP contribution is -2.44. The van der Waals surface area contributed by atoms with Crippen LogP contribution in [-0.4, -0.2) is 45.8 Å². The van der Waals surface area contributed by atoms with E-state index in [4.69, 9.17) is 0 Å².